The molecule has 1 aromatic heterocycles. The molecule has 0 radical (unpaired) electrons. The van der Waals surface area contributed by atoms with Gasteiger partial charge in [-0.15, -0.1) is 0 Å². The van der Waals surface area contributed by atoms with Crippen LogP contribution in [-0.4, -0.2) is 25.7 Å². The van der Waals surface area contributed by atoms with Crippen molar-refractivity contribution >= 4 is 21.4 Å². The fraction of sp³-hybridized carbons (Fsp3) is 0.0417. The third-order valence-corrected chi connectivity index (χ3v) is 6.05. The van der Waals surface area contributed by atoms with Crippen molar-refractivity contribution in [3.05, 3.63) is 89.9 Å². The predicted octanol–water partition coefficient (Wildman–Crippen LogP) is 4.68. The van der Waals surface area contributed by atoms with Crippen LogP contribution < -0.4 is 5.32 Å². The van der Waals surface area contributed by atoms with E-state index >= 15 is 0 Å². The van der Waals surface area contributed by atoms with Gasteiger partial charge >= 0.3 is 0 Å². The molecule has 4 aromatic rings. The van der Waals surface area contributed by atoms with Gasteiger partial charge in [-0.3, -0.25) is 4.79 Å². The molecule has 3 aromatic carbocycles. The van der Waals surface area contributed by atoms with Crippen LogP contribution in [0.3, 0.4) is 0 Å². The molecule has 0 unspecified atom stereocenters. The third-order valence-electron chi connectivity index (χ3n) is 4.89. The average Bonchev–Trinajstić information content (AvgIpc) is 3.30. The van der Waals surface area contributed by atoms with Crippen molar-refractivity contribution in [3.63, 3.8) is 0 Å². The topological polar surface area (TPSA) is 113 Å². The standard InChI is InChI=1S/C24H16FN3O4S/c1-33(30,31)22-8-3-2-7-18(22)16-9-10-21(20(25)12-16)27-24(29)19-14-32-28-23(19)17-6-4-5-15(11-17)13-26/h2-12,14H,1H3,(H,27,29). The Morgan fingerprint density at radius 1 is 1.06 bits per heavy atom. The maximum absolute atomic E-state index is 14.8. The van der Waals surface area contributed by atoms with Gasteiger partial charge in [-0.2, -0.15) is 5.26 Å². The summed E-state index contributed by atoms with van der Waals surface area (Å²) in [5, 5.41) is 15.4. The van der Waals surface area contributed by atoms with Crippen LogP contribution in [0.1, 0.15) is 15.9 Å². The molecule has 1 heterocycles. The lowest BCUT2D eigenvalue weighted by molar-refractivity contribution is 0.102. The first-order chi connectivity index (χ1) is 15.8. The number of anilines is 1. The van der Waals surface area contributed by atoms with Crippen LogP contribution in [0.15, 0.2) is 82.4 Å². The molecule has 0 aliphatic heterocycles. The molecule has 0 aliphatic carbocycles. The second kappa shape index (κ2) is 8.68. The van der Waals surface area contributed by atoms with Crippen LogP contribution >= 0.6 is 0 Å². The van der Waals surface area contributed by atoms with Gasteiger partial charge in [0.2, 0.25) is 0 Å². The Morgan fingerprint density at radius 3 is 2.58 bits per heavy atom. The highest BCUT2D eigenvalue weighted by atomic mass is 32.2. The first kappa shape index (κ1) is 21.9. The van der Waals surface area contributed by atoms with Crippen molar-refractivity contribution in [2.45, 2.75) is 4.90 Å². The van der Waals surface area contributed by atoms with Gasteiger partial charge in [-0.25, -0.2) is 12.8 Å². The molecule has 9 heteroatoms. The van der Waals surface area contributed by atoms with Crippen LogP contribution in [0.2, 0.25) is 0 Å². The summed E-state index contributed by atoms with van der Waals surface area (Å²) in [6.07, 6.45) is 2.22. The largest absolute Gasteiger partial charge is 0.363 e. The first-order valence-corrected chi connectivity index (χ1v) is 11.5. The van der Waals surface area contributed by atoms with Crippen molar-refractivity contribution < 1.29 is 22.1 Å². The van der Waals surface area contributed by atoms with Crippen LogP contribution in [0.5, 0.6) is 0 Å². The smallest absolute Gasteiger partial charge is 0.261 e. The zero-order valence-corrected chi connectivity index (χ0v) is 18.1. The number of nitrogens with one attached hydrogen (secondary N) is 1. The zero-order valence-electron chi connectivity index (χ0n) is 17.2. The number of hydrogen-bond donors (Lipinski definition) is 1. The molecule has 0 atom stereocenters. The van der Waals surface area contributed by atoms with E-state index in [9.17, 15) is 17.6 Å². The molecule has 4 rings (SSSR count). The van der Waals surface area contributed by atoms with Gasteiger partial charge < -0.3 is 9.84 Å². The summed E-state index contributed by atoms with van der Waals surface area (Å²) in [4.78, 5) is 12.9. The Kier molecular flexibility index (Phi) is 5.77. The van der Waals surface area contributed by atoms with Crippen LogP contribution in [-0.2, 0) is 9.84 Å². The number of aromatic nitrogens is 1. The van der Waals surface area contributed by atoms with Crippen molar-refractivity contribution in [2.75, 3.05) is 11.6 Å². The number of nitrogens with zero attached hydrogens (tertiary/aromatic N) is 2. The SMILES string of the molecule is CS(=O)(=O)c1ccccc1-c1ccc(NC(=O)c2conc2-c2cccc(C#N)c2)c(F)c1. The number of halogens is 1. The normalized spacial score (nSPS) is 11.1. The third kappa shape index (κ3) is 4.51. The van der Waals surface area contributed by atoms with Crippen LogP contribution in [0.25, 0.3) is 22.4 Å². The minimum absolute atomic E-state index is 0.0657. The molecule has 0 fully saturated rings. The summed E-state index contributed by atoms with van der Waals surface area (Å²) in [5.41, 5.74) is 1.78. The van der Waals surface area contributed by atoms with Crippen molar-refractivity contribution in [2.24, 2.45) is 0 Å². The van der Waals surface area contributed by atoms with E-state index in [1.54, 1.807) is 42.5 Å². The Hall–Kier alpha value is -4.29. The molecule has 0 spiro atoms. The lowest BCUT2D eigenvalue weighted by Gasteiger charge is -2.11. The molecule has 1 N–H and O–H groups in total. The molecule has 0 saturated heterocycles. The molecular formula is C24H16FN3O4S. The molecule has 0 saturated carbocycles. The maximum atomic E-state index is 14.8. The van der Waals surface area contributed by atoms with Crippen molar-refractivity contribution in [1.82, 2.24) is 5.16 Å². The highest BCUT2D eigenvalue weighted by Gasteiger charge is 2.20. The summed E-state index contributed by atoms with van der Waals surface area (Å²) in [6, 6.07) is 18.8. The van der Waals surface area contributed by atoms with E-state index in [1.165, 1.54) is 18.2 Å². The summed E-state index contributed by atoms with van der Waals surface area (Å²) in [6.45, 7) is 0. The van der Waals surface area contributed by atoms with Crippen LogP contribution in [0, 0.1) is 17.1 Å². The minimum Gasteiger partial charge on any atom is -0.363 e. The van der Waals surface area contributed by atoms with Gasteiger partial charge in [0.1, 0.15) is 23.3 Å². The minimum atomic E-state index is -3.52. The highest BCUT2D eigenvalue weighted by Crippen LogP contribution is 2.30. The maximum Gasteiger partial charge on any atom is 0.261 e. The van der Waals surface area contributed by atoms with Crippen molar-refractivity contribution in [1.29, 1.82) is 5.26 Å². The van der Waals surface area contributed by atoms with Gasteiger partial charge in [-0.05, 0) is 35.9 Å². The summed E-state index contributed by atoms with van der Waals surface area (Å²) < 4.78 is 43.9. The van der Waals surface area contributed by atoms with Gasteiger partial charge in [-0.1, -0.05) is 41.6 Å². The molecule has 33 heavy (non-hydrogen) atoms. The molecule has 164 valence electrons. The van der Waals surface area contributed by atoms with Gasteiger partial charge in [0, 0.05) is 17.4 Å². The first-order valence-electron chi connectivity index (χ1n) is 9.63. The Morgan fingerprint density at radius 2 is 1.85 bits per heavy atom. The Balaban J connectivity index is 1.63. The van der Waals surface area contributed by atoms with Crippen LogP contribution in [0.4, 0.5) is 10.1 Å². The van der Waals surface area contributed by atoms with Crippen molar-refractivity contribution in [3.8, 4) is 28.5 Å². The average molecular weight is 461 g/mol. The zero-order chi connectivity index (χ0) is 23.6. The number of sulfone groups is 1. The Bertz CT molecular complexity index is 1520. The van der Waals surface area contributed by atoms with E-state index in [1.807, 2.05) is 6.07 Å². The fourth-order valence-corrected chi connectivity index (χ4v) is 4.26. The second-order valence-electron chi connectivity index (χ2n) is 7.19. The number of nitriles is 1. The molecule has 0 aliphatic rings. The fourth-order valence-electron chi connectivity index (χ4n) is 3.34. The van der Waals surface area contributed by atoms with E-state index < -0.39 is 21.6 Å². The Labute approximate surface area is 189 Å². The molecular weight excluding hydrogens is 445 g/mol. The van der Waals surface area contributed by atoms with E-state index in [-0.39, 0.29) is 21.8 Å². The van der Waals surface area contributed by atoms with E-state index in [2.05, 4.69) is 10.5 Å². The number of rotatable bonds is 5. The number of carbonyl (C=O) groups excluding carboxylic acids is 1. The van der Waals surface area contributed by atoms with Gasteiger partial charge in [0.15, 0.2) is 9.84 Å². The summed E-state index contributed by atoms with van der Waals surface area (Å²) in [5.74, 6) is -1.40. The highest BCUT2D eigenvalue weighted by molar-refractivity contribution is 7.90. The number of carbonyl (C=O) groups is 1. The molecule has 1 amide bonds. The van der Waals surface area contributed by atoms with E-state index in [0.29, 0.717) is 22.3 Å². The lowest BCUT2D eigenvalue weighted by atomic mass is 10.0. The predicted molar refractivity (Wildman–Crippen MR) is 120 cm³/mol. The van der Waals surface area contributed by atoms with E-state index in [0.717, 1.165) is 18.6 Å². The monoisotopic (exact) mass is 461 g/mol. The number of benzene rings is 3. The van der Waals surface area contributed by atoms with Gasteiger partial charge in [0.25, 0.3) is 5.91 Å². The summed E-state index contributed by atoms with van der Waals surface area (Å²) in [7, 11) is -3.52. The number of hydrogen-bond acceptors (Lipinski definition) is 6. The second-order valence-corrected chi connectivity index (χ2v) is 9.17. The van der Waals surface area contributed by atoms with E-state index in [4.69, 9.17) is 9.78 Å². The summed E-state index contributed by atoms with van der Waals surface area (Å²) >= 11 is 0. The lowest BCUT2D eigenvalue weighted by Crippen LogP contribution is -2.13. The molecule has 7 nitrogen and oxygen atoms in total. The quantitative estimate of drug-likeness (QED) is 0.462. The number of amides is 1. The molecule has 0 bridgehead atoms. The van der Waals surface area contributed by atoms with Gasteiger partial charge in [0.05, 0.1) is 22.2 Å².